The van der Waals surface area contributed by atoms with Crippen molar-refractivity contribution in [3.05, 3.63) is 35.9 Å². The molecule has 1 saturated heterocycles. The van der Waals surface area contributed by atoms with Gasteiger partial charge in [-0.1, -0.05) is 44.2 Å². The van der Waals surface area contributed by atoms with Crippen molar-refractivity contribution < 1.29 is 4.79 Å². The third kappa shape index (κ3) is 3.83. The first-order valence-electron chi connectivity index (χ1n) is 7.66. The van der Waals surface area contributed by atoms with Crippen LogP contribution in [0.4, 0.5) is 0 Å². The molecule has 3 nitrogen and oxygen atoms in total. The molecule has 1 aliphatic rings. The van der Waals surface area contributed by atoms with Gasteiger partial charge in [0, 0.05) is 31.6 Å². The number of hydrogen-bond acceptors (Lipinski definition) is 2. The van der Waals surface area contributed by atoms with E-state index in [2.05, 4.69) is 50.4 Å². The van der Waals surface area contributed by atoms with Crippen LogP contribution in [0.1, 0.15) is 45.2 Å². The Hall–Kier alpha value is -1.35. The molecule has 0 aliphatic carbocycles. The molecule has 1 N–H and O–H groups in total. The Labute approximate surface area is 122 Å². The Morgan fingerprint density at radius 3 is 2.45 bits per heavy atom. The van der Waals surface area contributed by atoms with Crippen LogP contribution in [0.25, 0.3) is 0 Å². The van der Waals surface area contributed by atoms with Crippen LogP contribution in [0.3, 0.4) is 0 Å². The molecule has 1 fully saturated rings. The van der Waals surface area contributed by atoms with Gasteiger partial charge in [0.1, 0.15) is 0 Å². The van der Waals surface area contributed by atoms with Crippen molar-refractivity contribution in [1.29, 1.82) is 0 Å². The summed E-state index contributed by atoms with van der Waals surface area (Å²) < 4.78 is 0. The standard InChI is InChI=1S/C17H26N2O/c1-13(2)17(15-8-5-4-6-9-15)18-14(3)12-19-11-7-10-16(19)20/h4-6,8-9,13-14,17-18H,7,10-12H2,1-3H3. The molecule has 2 unspecified atom stereocenters. The van der Waals surface area contributed by atoms with Crippen molar-refractivity contribution in [3.8, 4) is 0 Å². The van der Waals surface area contributed by atoms with Crippen molar-refractivity contribution in [3.63, 3.8) is 0 Å². The second kappa shape index (κ2) is 6.89. The molecule has 1 aromatic rings. The van der Waals surface area contributed by atoms with Gasteiger partial charge in [-0.25, -0.2) is 0 Å². The lowest BCUT2D eigenvalue weighted by atomic mass is 9.95. The van der Waals surface area contributed by atoms with Crippen LogP contribution in [0.2, 0.25) is 0 Å². The molecule has 0 radical (unpaired) electrons. The molecule has 1 amide bonds. The number of nitrogens with one attached hydrogen (secondary N) is 1. The third-order valence-electron chi connectivity index (χ3n) is 3.96. The van der Waals surface area contributed by atoms with Crippen LogP contribution >= 0.6 is 0 Å². The molecule has 1 heterocycles. The average Bonchev–Trinajstić information content (AvgIpc) is 2.82. The van der Waals surface area contributed by atoms with E-state index in [4.69, 9.17) is 0 Å². The minimum absolute atomic E-state index is 0.305. The fourth-order valence-corrected chi connectivity index (χ4v) is 2.92. The molecule has 0 bridgehead atoms. The summed E-state index contributed by atoms with van der Waals surface area (Å²) >= 11 is 0. The molecule has 110 valence electrons. The molecule has 2 rings (SSSR count). The topological polar surface area (TPSA) is 32.3 Å². The molecule has 3 heteroatoms. The van der Waals surface area contributed by atoms with Gasteiger partial charge in [0.05, 0.1) is 0 Å². The first-order valence-corrected chi connectivity index (χ1v) is 7.66. The summed E-state index contributed by atoms with van der Waals surface area (Å²) in [5.74, 6) is 0.827. The van der Waals surface area contributed by atoms with Crippen molar-refractivity contribution in [2.75, 3.05) is 13.1 Å². The van der Waals surface area contributed by atoms with Gasteiger partial charge in [-0.15, -0.1) is 0 Å². The summed E-state index contributed by atoms with van der Waals surface area (Å²) in [6, 6.07) is 11.2. The third-order valence-corrected chi connectivity index (χ3v) is 3.96. The number of benzene rings is 1. The van der Waals surface area contributed by atoms with E-state index in [9.17, 15) is 4.79 Å². The maximum Gasteiger partial charge on any atom is 0.222 e. The summed E-state index contributed by atoms with van der Waals surface area (Å²) in [5, 5.41) is 3.69. The lowest BCUT2D eigenvalue weighted by Gasteiger charge is -2.29. The first-order chi connectivity index (χ1) is 9.58. The van der Waals surface area contributed by atoms with E-state index in [0.29, 0.717) is 23.9 Å². The summed E-state index contributed by atoms with van der Waals surface area (Å²) in [6.07, 6.45) is 1.73. The quantitative estimate of drug-likeness (QED) is 0.865. The van der Waals surface area contributed by atoms with E-state index in [-0.39, 0.29) is 0 Å². The van der Waals surface area contributed by atoms with E-state index in [0.717, 1.165) is 25.9 Å². The van der Waals surface area contributed by atoms with Crippen LogP contribution in [0.5, 0.6) is 0 Å². The number of amides is 1. The van der Waals surface area contributed by atoms with Gasteiger partial charge in [-0.3, -0.25) is 4.79 Å². The predicted octanol–water partition coefficient (Wildman–Crippen LogP) is 2.98. The van der Waals surface area contributed by atoms with E-state index < -0.39 is 0 Å². The van der Waals surface area contributed by atoms with E-state index >= 15 is 0 Å². The number of hydrogen-bond donors (Lipinski definition) is 1. The van der Waals surface area contributed by atoms with E-state index in [1.165, 1.54) is 5.56 Å². The Bertz CT molecular complexity index is 430. The summed E-state index contributed by atoms with van der Waals surface area (Å²) in [5.41, 5.74) is 1.32. The molecular formula is C17H26N2O. The van der Waals surface area contributed by atoms with Crippen LogP contribution in [-0.2, 0) is 4.79 Å². The van der Waals surface area contributed by atoms with E-state index in [1.807, 2.05) is 11.0 Å². The zero-order valence-corrected chi connectivity index (χ0v) is 12.8. The number of rotatable bonds is 6. The van der Waals surface area contributed by atoms with Gasteiger partial charge >= 0.3 is 0 Å². The lowest BCUT2D eigenvalue weighted by molar-refractivity contribution is -0.128. The number of carbonyl (C=O) groups excluding carboxylic acids is 1. The maximum atomic E-state index is 11.7. The SMILES string of the molecule is CC(CN1CCCC1=O)NC(c1ccccc1)C(C)C. The lowest BCUT2D eigenvalue weighted by Crippen LogP contribution is -2.42. The Morgan fingerprint density at radius 1 is 1.20 bits per heavy atom. The molecule has 0 spiro atoms. The highest BCUT2D eigenvalue weighted by atomic mass is 16.2. The molecule has 0 saturated carbocycles. The number of carbonyl (C=O) groups is 1. The number of likely N-dealkylation sites (tertiary alicyclic amines) is 1. The zero-order chi connectivity index (χ0) is 14.5. The van der Waals surface area contributed by atoms with Crippen molar-refractivity contribution in [1.82, 2.24) is 10.2 Å². The second-order valence-electron chi connectivity index (χ2n) is 6.14. The fourth-order valence-electron chi connectivity index (χ4n) is 2.92. The normalized spacial score (nSPS) is 18.6. The Kier molecular flexibility index (Phi) is 5.18. The summed E-state index contributed by atoms with van der Waals surface area (Å²) in [4.78, 5) is 13.7. The molecule has 2 atom stereocenters. The highest BCUT2D eigenvalue weighted by Crippen LogP contribution is 2.22. The highest BCUT2D eigenvalue weighted by molar-refractivity contribution is 5.78. The minimum Gasteiger partial charge on any atom is -0.341 e. The predicted molar refractivity (Wildman–Crippen MR) is 82.4 cm³/mol. The maximum absolute atomic E-state index is 11.7. The fraction of sp³-hybridized carbons (Fsp3) is 0.588. The average molecular weight is 274 g/mol. The van der Waals surface area contributed by atoms with Gasteiger partial charge in [-0.2, -0.15) is 0 Å². The molecular weight excluding hydrogens is 248 g/mol. The van der Waals surface area contributed by atoms with Crippen LogP contribution < -0.4 is 5.32 Å². The van der Waals surface area contributed by atoms with Gasteiger partial charge in [-0.05, 0) is 24.8 Å². The van der Waals surface area contributed by atoms with Gasteiger partial charge in [0.15, 0.2) is 0 Å². The van der Waals surface area contributed by atoms with Gasteiger partial charge in [0.2, 0.25) is 5.91 Å². The molecule has 0 aromatic heterocycles. The monoisotopic (exact) mass is 274 g/mol. The summed E-state index contributed by atoms with van der Waals surface area (Å²) in [7, 11) is 0. The van der Waals surface area contributed by atoms with Crippen LogP contribution in [-0.4, -0.2) is 29.9 Å². The van der Waals surface area contributed by atoms with Crippen molar-refractivity contribution in [2.24, 2.45) is 5.92 Å². The van der Waals surface area contributed by atoms with Gasteiger partial charge in [0.25, 0.3) is 0 Å². The van der Waals surface area contributed by atoms with E-state index in [1.54, 1.807) is 0 Å². The second-order valence-corrected chi connectivity index (χ2v) is 6.14. The Balaban J connectivity index is 1.96. The van der Waals surface area contributed by atoms with Crippen molar-refractivity contribution >= 4 is 5.91 Å². The Morgan fingerprint density at radius 2 is 1.90 bits per heavy atom. The van der Waals surface area contributed by atoms with Crippen LogP contribution in [0, 0.1) is 5.92 Å². The minimum atomic E-state index is 0.305. The zero-order valence-electron chi connectivity index (χ0n) is 12.8. The largest absolute Gasteiger partial charge is 0.341 e. The van der Waals surface area contributed by atoms with Crippen molar-refractivity contribution in [2.45, 2.75) is 45.7 Å². The first kappa shape index (κ1) is 15.0. The molecule has 1 aromatic carbocycles. The molecule has 20 heavy (non-hydrogen) atoms. The summed E-state index contributed by atoms with van der Waals surface area (Å²) in [6.45, 7) is 8.37. The molecule has 1 aliphatic heterocycles. The van der Waals surface area contributed by atoms with Crippen LogP contribution in [0.15, 0.2) is 30.3 Å². The number of nitrogens with zero attached hydrogens (tertiary/aromatic N) is 1. The highest BCUT2D eigenvalue weighted by Gasteiger charge is 2.24. The smallest absolute Gasteiger partial charge is 0.222 e. The van der Waals surface area contributed by atoms with Gasteiger partial charge < -0.3 is 10.2 Å².